The van der Waals surface area contributed by atoms with Crippen molar-refractivity contribution in [1.29, 1.82) is 0 Å². The molecule has 1 aromatic heterocycles. The van der Waals surface area contributed by atoms with Crippen LogP contribution in [0.3, 0.4) is 0 Å². The van der Waals surface area contributed by atoms with Crippen molar-refractivity contribution in [2.45, 2.75) is 20.0 Å². The van der Waals surface area contributed by atoms with Gasteiger partial charge >= 0.3 is 5.97 Å². The lowest BCUT2D eigenvalue weighted by Crippen LogP contribution is -1.98. The van der Waals surface area contributed by atoms with Crippen molar-refractivity contribution >= 4 is 22.9 Å². The zero-order valence-corrected chi connectivity index (χ0v) is 18.7. The highest BCUT2D eigenvalue weighted by Gasteiger charge is 2.11. The summed E-state index contributed by atoms with van der Waals surface area (Å²) in [7, 11) is 0. The number of H-pyrrole nitrogens is 1. The van der Waals surface area contributed by atoms with Crippen LogP contribution >= 0.6 is 0 Å². The second-order valence-electron chi connectivity index (χ2n) is 7.63. The predicted octanol–water partition coefficient (Wildman–Crippen LogP) is 6.47. The molecule has 0 fully saturated rings. The van der Waals surface area contributed by atoms with E-state index in [1.807, 2.05) is 54.6 Å². The number of hydrogen-bond acceptors (Lipinski definition) is 3. The highest BCUT2D eigenvalue weighted by molar-refractivity contribution is 5.92. The van der Waals surface area contributed by atoms with Crippen LogP contribution in [0.5, 0.6) is 5.75 Å². The Balaban J connectivity index is 1.63. The molecule has 4 aromatic rings. The molecule has 0 saturated heterocycles. The molecule has 0 radical (unpaired) electrons. The molecule has 0 saturated carbocycles. The molecule has 3 aromatic carbocycles. The first-order chi connectivity index (χ1) is 16.2. The van der Waals surface area contributed by atoms with Gasteiger partial charge in [-0.05, 0) is 36.2 Å². The molecule has 0 aliphatic carbocycles. The molecule has 0 unspecified atom stereocenters. The number of nitrogens with one attached hydrogen (secondary N) is 1. The number of allylic oxidation sites excluding steroid dienone is 2. The summed E-state index contributed by atoms with van der Waals surface area (Å²) in [5, 5.41) is 1.08. The summed E-state index contributed by atoms with van der Waals surface area (Å²) in [6, 6.07) is 26.6. The topological polar surface area (TPSA) is 51.3 Å². The number of carbonyl (C=O) groups is 1. The van der Waals surface area contributed by atoms with Crippen molar-refractivity contribution in [3.8, 4) is 5.75 Å². The van der Waals surface area contributed by atoms with Gasteiger partial charge in [0.1, 0.15) is 12.4 Å². The summed E-state index contributed by atoms with van der Waals surface area (Å²) in [5.41, 5.74) is 5.58. The van der Waals surface area contributed by atoms with Crippen LogP contribution in [0.2, 0.25) is 0 Å². The summed E-state index contributed by atoms with van der Waals surface area (Å²) in [5.74, 6) is 0.468. The number of fused-ring (bicyclic) bond motifs is 1. The van der Waals surface area contributed by atoms with E-state index in [4.69, 9.17) is 9.47 Å². The van der Waals surface area contributed by atoms with Crippen LogP contribution in [0.15, 0.2) is 97.1 Å². The van der Waals surface area contributed by atoms with Gasteiger partial charge in [0.15, 0.2) is 0 Å². The van der Waals surface area contributed by atoms with E-state index in [0.29, 0.717) is 13.2 Å². The van der Waals surface area contributed by atoms with E-state index >= 15 is 0 Å². The Labute approximate surface area is 194 Å². The van der Waals surface area contributed by atoms with E-state index in [-0.39, 0.29) is 5.97 Å². The summed E-state index contributed by atoms with van der Waals surface area (Å²) in [4.78, 5) is 15.2. The fourth-order valence-corrected chi connectivity index (χ4v) is 3.68. The molecule has 166 valence electrons. The van der Waals surface area contributed by atoms with Gasteiger partial charge in [-0.1, -0.05) is 78.9 Å². The maximum atomic E-state index is 11.6. The summed E-state index contributed by atoms with van der Waals surface area (Å²) < 4.78 is 11.0. The Morgan fingerprint density at radius 3 is 2.36 bits per heavy atom. The molecule has 1 heterocycles. The van der Waals surface area contributed by atoms with Gasteiger partial charge in [0.2, 0.25) is 0 Å². The minimum atomic E-state index is -0.345. The van der Waals surface area contributed by atoms with Crippen LogP contribution in [0.4, 0.5) is 0 Å². The van der Waals surface area contributed by atoms with E-state index in [0.717, 1.165) is 39.9 Å². The Bertz CT molecular complexity index is 1250. The summed E-state index contributed by atoms with van der Waals surface area (Å²) in [6.45, 7) is 2.67. The molecule has 0 aliphatic heterocycles. The molecule has 0 aliphatic rings. The average Bonchev–Trinajstić information content (AvgIpc) is 3.18. The van der Waals surface area contributed by atoms with Crippen molar-refractivity contribution in [3.63, 3.8) is 0 Å². The van der Waals surface area contributed by atoms with Gasteiger partial charge in [-0.15, -0.1) is 0 Å². The maximum absolute atomic E-state index is 11.6. The number of benzene rings is 3. The fraction of sp³-hybridized carbons (Fsp3) is 0.138. The van der Waals surface area contributed by atoms with Gasteiger partial charge in [-0.3, -0.25) is 0 Å². The van der Waals surface area contributed by atoms with Crippen molar-refractivity contribution < 1.29 is 14.3 Å². The normalized spacial score (nSPS) is 11.4. The Hall–Kier alpha value is -4.05. The SMILES string of the molecule is CCOC(=O)C=CC=Cc1c(Cc2ccccc2)[nH]c2ccc(OCc3ccccc3)cc12. The van der Waals surface area contributed by atoms with Crippen LogP contribution in [-0.4, -0.2) is 17.6 Å². The molecular formula is C29H27NO3. The molecule has 0 spiro atoms. The number of aromatic amines is 1. The van der Waals surface area contributed by atoms with Crippen LogP contribution in [0, 0.1) is 0 Å². The van der Waals surface area contributed by atoms with E-state index in [1.54, 1.807) is 13.0 Å². The lowest BCUT2D eigenvalue weighted by molar-refractivity contribution is -0.137. The van der Waals surface area contributed by atoms with E-state index in [2.05, 4.69) is 41.4 Å². The zero-order valence-electron chi connectivity index (χ0n) is 18.7. The minimum Gasteiger partial charge on any atom is -0.489 e. The molecular weight excluding hydrogens is 410 g/mol. The fourth-order valence-electron chi connectivity index (χ4n) is 3.68. The smallest absolute Gasteiger partial charge is 0.330 e. The first-order valence-corrected chi connectivity index (χ1v) is 11.1. The molecule has 0 atom stereocenters. The monoisotopic (exact) mass is 437 g/mol. The van der Waals surface area contributed by atoms with Crippen LogP contribution in [0.25, 0.3) is 17.0 Å². The molecule has 4 heteroatoms. The van der Waals surface area contributed by atoms with Gasteiger partial charge in [0.25, 0.3) is 0 Å². The molecule has 4 rings (SSSR count). The van der Waals surface area contributed by atoms with Crippen molar-refractivity contribution in [3.05, 3.63) is 119 Å². The molecule has 1 N–H and O–H groups in total. The number of hydrogen-bond donors (Lipinski definition) is 1. The highest BCUT2D eigenvalue weighted by atomic mass is 16.5. The number of aromatic nitrogens is 1. The Morgan fingerprint density at radius 1 is 0.909 bits per heavy atom. The Morgan fingerprint density at radius 2 is 1.64 bits per heavy atom. The largest absolute Gasteiger partial charge is 0.489 e. The maximum Gasteiger partial charge on any atom is 0.330 e. The molecule has 0 amide bonds. The van der Waals surface area contributed by atoms with Crippen LogP contribution < -0.4 is 4.74 Å². The second kappa shape index (κ2) is 11.0. The lowest BCUT2D eigenvalue weighted by atomic mass is 10.0. The number of esters is 1. The quantitative estimate of drug-likeness (QED) is 0.185. The van der Waals surface area contributed by atoms with E-state index in [1.165, 1.54) is 11.6 Å². The van der Waals surface area contributed by atoms with Crippen LogP contribution in [0.1, 0.15) is 29.3 Å². The van der Waals surface area contributed by atoms with Gasteiger partial charge in [0, 0.05) is 34.7 Å². The van der Waals surface area contributed by atoms with Gasteiger partial charge in [-0.25, -0.2) is 4.79 Å². The van der Waals surface area contributed by atoms with Crippen LogP contribution in [-0.2, 0) is 22.6 Å². The number of ether oxygens (including phenoxy) is 2. The molecule has 4 nitrogen and oxygen atoms in total. The number of carbonyl (C=O) groups excluding carboxylic acids is 1. The first-order valence-electron chi connectivity index (χ1n) is 11.1. The predicted molar refractivity (Wildman–Crippen MR) is 133 cm³/mol. The summed E-state index contributed by atoms with van der Waals surface area (Å²) in [6.07, 6.45) is 7.80. The third kappa shape index (κ3) is 6.01. The molecule has 0 bridgehead atoms. The van der Waals surface area contributed by atoms with Gasteiger partial charge in [-0.2, -0.15) is 0 Å². The van der Waals surface area contributed by atoms with Crippen molar-refractivity contribution in [1.82, 2.24) is 4.98 Å². The van der Waals surface area contributed by atoms with Crippen molar-refractivity contribution in [2.75, 3.05) is 6.61 Å². The van der Waals surface area contributed by atoms with Gasteiger partial charge < -0.3 is 14.5 Å². The zero-order chi connectivity index (χ0) is 22.9. The first kappa shape index (κ1) is 22.2. The lowest BCUT2D eigenvalue weighted by Gasteiger charge is -2.06. The molecule has 33 heavy (non-hydrogen) atoms. The van der Waals surface area contributed by atoms with E-state index < -0.39 is 0 Å². The minimum absolute atomic E-state index is 0.345. The second-order valence-corrected chi connectivity index (χ2v) is 7.63. The summed E-state index contributed by atoms with van der Waals surface area (Å²) >= 11 is 0. The average molecular weight is 438 g/mol. The third-order valence-corrected chi connectivity index (χ3v) is 5.26. The standard InChI is InChI=1S/C29H27NO3/c1-2-32-29(31)16-10-9-15-25-26-20-24(33-21-23-13-7-4-8-14-23)17-18-27(26)30-28(25)19-22-11-5-3-6-12-22/h3-18,20,30H,2,19,21H2,1H3. The van der Waals surface area contributed by atoms with Gasteiger partial charge in [0.05, 0.1) is 6.61 Å². The Kier molecular flexibility index (Phi) is 7.39. The number of rotatable bonds is 9. The highest BCUT2D eigenvalue weighted by Crippen LogP contribution is 2.29. The van der Waals surface area contributed by atoms with E-state index in [9.17, 15) is 4.79 Å². The van der Waals surface area contributed by atoms with Crippen molar-refractivity contribution in [2.24, 2.45) is 0 Å². The third-order valence-electron chi connectivity index (χ3n) is 5.26.